The monoisotopic (exact) mass is 281 g/mol. The third-order valence-corrected chi connectivity index (χ3v) is 3.28. The zero-order chi connectivity index (χ0) is 13.5. The summed E-state index contributed by atoms with van der Waals surface area (Å²) in [6, 6.07) is 5.78. The largest absolute Gasteiger partial charge is 0.295 e. The van der Waals surface area contributed by atoms with Crippen LogP contribution in [0.15, 0.2) is 18.2 Å². The number of aromatic amines is 1. The molecule has 1 aromatic heterocycles. The predicted molar refractivity (Wildman–Crippen MR) is 77.6 cm³/mol. The van der Waals surface area contributed by atoms with Crippen molar-refractivity contribution in [2.45, 2.75) is 33.2 Å². The number of nitrogens with zero attached hydrogens (tertiary/aromatic N) is 2. The molecule has 0 amide bonds. The number of hydrogen-bond acceptors (Lipinski definition) is 2. The van der Waals surface area contributed by atoms with Crippen molar-refractivity contribution < 1.29 is 0 Å². The smallest absolute Gasteiger partial charge is 0.195 e. The fourth-order valence-corrected chi connectivity index (χ4v) is 2.61. The van der Waals surface area contributed by atoms with E-state index in [0.29, 0.717) is 4.77 Å². The minimum atomic E-state index is -0.120. The summed E-state index contributed by atoms with van der Waals surface area (Å²) >= 11 is 11.3. The molecule has 0 aliphatic carbocycles. The molecule has 1 aromatic carbocycles. The van der Waals surface area contributed by atoms with Crippen LogP contribution in [-0.4, -0.2) is 14.8 Å². The van der Waals surface area contributed by atoms with Crippen molar-refractivity contribution in [3.63, 3.8) is 0 Å². The quantitative estimate of drug-likeness (QED) is 0.790. The van der Waals surface area contributed by atoms with E-state index in [9.17, 15) is 0 Å². The van der Waals surface area contributed by atoms with E-state index in [-0.39, 0.29) is 5.54 Å². The number of benzene rings is 1. The van der Waals surface area contributed by atoms with Gasteiger partial charge >= 0.3 is 0 Å². The van der Waals surface area contributed by atoms with Gasteiger partial charge in [0.05, 0.1) is 0 Å². The Kier molecular flexibility index (Phi) is 3.34. The van der Waals surface area contributed by atoms with Crippen molar-refractivity contribution in [3.05, 3.63) is 33.6 Å². The molecule has 3 nitrogen and oxygen atoms in total. The molecule has 5 heteroatoms. The van der Waals surface area contributed by atoms with Crippen LogP contribution in [0.5, 0.6) is 0 Å². The number of rotatable bonds is 1. The highest BCUT2D eigenvalue weighted by Crippen LogP contribution is 2.28. The third-order valence-electron chi connectivity index (χ3n) is 2.77. The van der Waals surface area contributed by atoms with Gasteiger partial charge in [0, 0.05) is 16.1 Å². The van der Waals surface area contributed by atoms with Gasteiger partial charge in [-0.15, -0.1) is 0 Å². The lowest BCUT2D eigenvalue weighted by Crippen LogP contribution is -2.23. The molecule has 2 aromatic rings. The zero-order valence-corrected chi connectivity index (χ0v) is 12.5. The van der Waals surface area contributed by atoms with Gasteiger partial charge in [0.1, 0.15) is 0 Å². The van der Waals surface area contributed by atoms with Crippen LogP contribution in [0.25, 0.3) is 11.4 Å². The second kappa shape index (κ2) is 4.52. The highest BCUT2D eigenvalue weighted by Gasteiger charge is 2.21. The molecular weight excluding hydrogens is 266 g/mol. The number of halogens is 1. The van der Waals surface area contributed by atoms with Crippen molar-refractivity contribution in [1.82, 2.24) is 14.8 Å². The molecule has 0 spiro atoms. The van der Waals surface area contributed by atoms with E-state index in [0.717, 1.165) is 22.0 Å². The Hall–Kier alpha value is -1.13. The van der Waals surface area contributed by atoms with Crippen molar-refractivity contribution >= 4 is 23.8 Å². The number of nitrogens with one attached hydrogen (secondary N) is 1. The van der Waals surface area contributed by atoms with Crippen LogP contribution in [0.1, 0.15) is 26.3 Å². The van der Waals surface area contributed by atoms with Crippen LogP contribution in [0, 0.1) is 11.7 Å². The van der Waals surface area contributed by atoms with Gasteiger partial charge in [-0.3, -0.25) is 9.67 Å². The molecule has 1 heterocycles. The lowest BCUT2D eigenvalue weighted by Gasteiger charge is -2.23. The van der Waals surface area contributed by atoms with Gasteiger partial charge in [0.25, 0.3) is 0 Å². The van der Waals surface area contributed by atoms with Gasteiger partial charge in [-0.2, -0.15) is 5.10 Å². The lowest BCUT2D eigenvalue weighted by molar-refractivity contribution is 0.395. The highest BCUT2D eigenvalue weighted by atomic mass is 35.5. The summed E-state index contributed by atoms with van der Waals surface area (Å²) in [6.07, 6.45) is 0. The molecule has 18 heavy (non-hydrogen) atoms. The fraction of sp³-hybridized carbons (Fsp3) is 0.385. The Bertz CT molecular complexity index is 634. The third kappa shape index (κ3) is 2.35. The summed E-state index contributed by atoms with van der Waals surface area (Å²) in [6.45, 7) is 8.33. The van der Waals surface area contributed by atoms with E-state index in [4.69, 9.17) is 23.8 Å². The first kappa shape index (κ1) is 13.3. The van der Waals surface area contributed by atoms with Crippen LogP contribution in [0.4, 0.5) is 0 Å². The molecule has 1 N–H and O–H groups in total. The summed E-state index contributed by atoms with van der Waals surface area (Å²) in [5, 5.41) is 7.94. The zero-order valence-electron chi connectivity index (χ0n) is 10.9. The molecule has 0 saturated heterocycles. The van der Waals surface area contributed by atoms with E-state index < -0.39 is 0 Å². The summed E-state index contributed by atoms with van der Waals surface area (Å²) in [5.74, 6) is 0.849. The molecule has 0 unspecified atom stereocenters. The molecule has 96 valence electrons. The average molecular weight is 282 g/mol. The standard InChI is InChI=1S/C13H16ClN3S/c1-8-7-9(14)5-6-10(8)11-15-16-12(18)17(11)13(2,3)4/h5-7H,1-4H3,(H,16,18). The summed E-state index contributed by atoms with van der Waals surface area (Å²) < 4.78 is 2.66. The van der Waals surface area contributed by atoms with Gasteiger partial charge in [-0.25, -0.2) is 0 Å². The number of aryl methyl sites for hydroxylation is 1. The first-order valence-corrected chi connectivity index (χ1v) is 6.54. The SMILES string of the molecule is Cc1cc(Cl)ccc1-c1n[nH]c(=S)n1C(C)(C)C. The molecule has 0 bridgehead atoms. The maximum atomic E-state index is 5.98. The second-order valence-corrected chi connectivity index (χ2v) is 6.14. The Balaban J connectivity index is 2.69. The van der Waals surface area contributed by atoms with Crippen LogP contribution >= 0.6 is 23.8 Å². The lowest BCUT2D eigenvalue weighted by atomic mass is 10.1. The number of H-pyrrole nitrogens is 1. The van der Waals surface area contributed by atoms with E-state index in [1.54, 1.807) is 0 Å². The van der Waals surface area contributed by atoms with E-state index in [1.807, 2.05) is 29.7 Å². The van der Waals surface area contributed by atoms with E-state index >= 15 is 0 Å². The first-order chi connectivity index (χ1) is 8.30. The molecule has 0 aliphatic heterocycles. The van der Waals surface area contributed by atoms with Crippen molar-refractivity contribution in [1.29, 1.82) is 0 Å². The first-order valence-electron chi connectivity index (χ1n) is 5.75. The molecule has 0 atom stereocenters. The maximum Gasteiger partial charge on any atom is 0.195 e. The molecule has 0 aliphatic rings. The minimum absolute atomic E-state index is 0.120. The Morgan fingerprint density at radius 1 is 1.33 bits per heavy atom. The van der Waals surface area contributed by atoms with Gasteiger partial charge in [-0.1, -0.05) is 11.6 Å². The summed E-state index contributed by atoms with van der Waals surface area (Å²) in [4.78, 5) is 0. The van der Waals surface area contributed by atoms with Crippen molar-refractivity contribution in [2.24, 2.45) is 0 Å². The summed E-state index contributed by atoms with van der Waals surface area (Å²) in [5.41, 5.74) is 2.01. The van der Waals surface area contributed by atoms with E-state index in [2.05, 4.69) is 31.0 Å². The molecule has 0 fully saturated rings. The van der Waals surface area contributed by atoms with Crippen molar-refractivity contribution in [3.8, 4) is 11.4 Å². The number of hydrogen-bond donors (Lipinski definition) is 1. The van der Waals surface area contributed by atoms with Gasteiger partial charge in [-0.05, 0) is 63.7 Å². The van der Waals surface area contributed by atoms with Gasteiger partial charge in [0.15, 0.2) is 10.6 Å². The summed E-state index contributed by atoms with van der Waals surface area (Å²) in [7, 11) is 0. The number of aromatic nitrogens is 3. The van der Waals surface area contributed by atoms with Gasteiger partial charge < -0.3 is 0 Å². The van der Waals surface area contributed by atoms with Crippen LogP contribution < -0.4 is 0 Å². The van der Waals surface area contributed by atoms with Crippen LogP contribution in [0.2, 0.25) is 5.02 Å². The van der Waals surface area contributed by atoms with Gasteiger partial charge in [0.2, 0.25) is 0 Å². The van der Waals surface area contributed by atoms with E-state index in [1.165, 1.54) is 0 Å². The predicted octanol–water partition coefficient (Wildman–Crippen LogP) is 4.32. The molecule has 0 saturated carbocycles. The minimum Gasteiger partial charge on any atom is -0.295 e. The Morgan fingerprint density at radius 2 is 2.00 bits per heavy atom. The van der Waals surface area contributed by atoms with Crippen LogP contribution in [-0.2, 0) is 5.54 Å². The normalized spacial score (nSPS) is 11.8. The fourth-order valence-electron chi connectivity index (χ4n) is 1.98. The highest BCUT2D eigenvalue weighted by molar-refractivity contribution is 7.71. The topological polar surface area (TPSA) is 33.6 Å². The molecule has 0 radical (unpaired) electrons. The Labute approximate surface area is 117 Å². The molecule has 2 rings (SSSR count). The van der Waals surface area contributed by atoms with Crippen LogP contribution in [0.3, 0.4) is 0 Å². The Morgan fingerprint density at radius 3 is 2.56 bits per heavy atom. The second-order valence-electron chi connectivity index (χ2n) is 5.32. The average Bonchev–Trinajstić information content (AvgIpc) is 2.59. The maximum absolute atomic E-state index is 5.98. The van der Waals surface area contributed by atoms with Crippen molar-refractivity contribution in [2.75, 3.05) is 0 Å². The molecular formula is C13H16ClN3S.